The molecule has 0 aliphatic rings. The molecule has 0 aliphatic carbocycles. The van der Waals surface area contributed by atoms with E-state index in [9.17, 15) is 19.7 Å². The number of nitrogens with two attached hydrogens (primary N) is 1. The summed E-state index contributed by atoms with van der Waals surface area (Å²) in [6.45, 7) is 2.18. The van der Waals surface area contributed by atoms with E-state index in [0.29, 0.717) is 0 Å². The van der Waals surface area contributed by atoms with E-state index < -0.39 is 16.9 Å². The third-order valence-corrected chi connectivity index (χ3v) is 3.42. The van der Waals surface area contributed by atoms with Crippen molar-refractivity contribution in [3.05, 3.63) is 69.3 Å². The lowest BCUT2D eigenvalue weighted by molar-refractivity contribution is -0.384. The topological polar surface area (TPSA) is 127 Å². The first-order valence-corrected chi connectivity index (χ1v) is 7.06. The van der Waals surface area contributed by atoms with Crippen LogP contribution in [0.25, 0.3) is 0 Å². The summed E-state index contributed by atoms with van der Waals surface area (Å²) in [5.74, 6) is -0.732. The van der Waals surface area contributed by atoms with Gasteiger partial charge in [0.1, 0.15) is 0 Å². The smallest absolute Gasteiger partial charge is 0.321 e. The summed E-state index contributed by atoms with van der Waals surface area (Å²) >= 11 is 0. The van der Waals surface area contributed by atoms with Crippen LogP contribution < -0.4 is 16.4 Å². The van der Waals surface area contributed by atoms with Crippen LogP contribution in [0.15, 0.2) is 42.5 Å². The molecule has 4 N–H and O–H groups in total. The molecule has 2 aromatic carbocycles. The molecule has 0 unspecified atom stereocenters. The summed E-state index contributed by atoms with van der Waals surface area (Å²) in [5, 5.41) is 15.4. The number of anilines is 1. The number of hydrogen-bond acceptors (Lipinski definition) is 5. The number of nitro groups is 1. The zero-order valence-corrected chi connectivity index (χ0v) is 12.9. The lowest BCUT2D eigenvalue weighted by Gasteiger charge is -2.09. The standard InChI is InChI=1S/C16H16N4O4/c1-10-4-2-3-5-11(10)9-18-16(22)19-15(21)13-7-6-12(20(23)24)8-14(13)17/h2-8H,9,17H2,1H3,(H2,18,19,21,22). The third kappa shape index (κ3) is 4.07. The summed E-state index contributed by atoms with van der Waals surface area (Å²) in [4.78, 5) is 33.8. The Kier molecular flexibility index (Phi) is 5.10. The molecule has 2 rings (SSSR count). The second-order valence-electron chi connectivity index (χ2n) is 5.09. The van der Waals surface area contributed by atoms with Crippen LogP contribution in [-0.2, 0) is 6.54 Å². The zero-order valence-electron chi connectivity index (χ0n) is 12.9. The highest BCUT2D eigenvalue weighted by atomic mass is 16.6. The van der Waals surface area contributed by atoms with Gasteiger partial charge in [-0.05, 0) is 24.1 Å². The van der Waals surface area contributed by atoms with Gasteiger partial charge in [-0.15, -0.1) is 0 Å². The normalized spacial score (nSPS) is 10.0. The zero-order chi connectivity index (χ0) is 17.7. The van der Waals surface area contributed by atoms with Gasteiger partial charge in [0.2, 0.25) is 0 Å². The average molecular weight is 328 g/mol. The molecule has 0 atom stereocenters. The number of non-ortho nitro benzene ring substituents is 1. The third-order valence-electron chi connectivity index (χ3n) is 3.42. The minimum Gasteiger partial charge on any atom is -0.398 e. The minimum atomic E-state index is -0.732. The van der Waals surface area contributed by atoms with Crippen LogP contribution in [0.4, 0.5) is 16.2 Å². The van der Waals surface area contributed by atoms with Crippen molar-refractivity contribution >= 4 is 23.3 Å². The molecule has 0 aromatic heterocycles. The van der Waals surface area contributed by atoms with E-state index in [1.54, 1.807) is 0 Å². The Morgan fingerprint density at radius 2 is 1.92 bits per heavy atom. The second kappa shape index (κ2) is 7.23. The molecule has 0 saturated carbocycles. The maximum Gasteiger partial charge on any atom is 0.321 e. The van der Waals surface area contributed by atoms with E-state index in [-0.39, 0.29) is 23.5 Å². The number of amides is 3. The molecule has 0 fully saturated rings. The van der Waals surface area contributed by atoms with Crippen molar-refractivity contribution < 1.29 is 14.5 Å². The van der Waals surface area contributed by atoms with Gasteiger partial charge < -0.3 is 11.1 Å². The summed E-state index contributed by atoms with van der Waals surface area (Å²) in [6.07, 6.45) is 0. The lowest BCUT2D eigenvalue weighted by Crippen LogP contribution is -2.39. The maximum atomic E-state index is 12.0. The fourth-order valence-corrected chi connectivity index (χ4v) is 2.07. The number of nitro benzene ring substituents is 1. The highest BCUT2D eigenvalue weighted by Gasteiger charge is 2.16. The molecule has 0 radical (unpaired) electrons. The van der Waals surface area contributed by atoms with Crippen LogP contribution in [0.5, 0.6) is 0 Å². The van der Waals surface area contributed by atoms with Crippen molar-refractivity contribution in [1.29, 1.82) is 0 Å². The summed E-state index contributed by atoms with van der Waals surface area (Å²) < 4.78 is 0. The van der Waals surface area contributed by atoms with Crippen molar-refractivity contribution in [2.24, 2.45) is 0 Å². The van der Waals surface area contributed by atoms with Gasteiger partial charge >= 0.3 is 6.03 Å². The van der Waals surface area contributed by atoms with E-state index >= 15 is 0 Å². The predicted molar refractivity (Wildman–Crippen MR) is 88.4 cm³/mol. The van der Waals surface area contributed by atoms with Crippen LogP contribution in [-0.4, -0.2) is 16.9 Å². The van der Waals surface area contributed by atoms with Gasteiger partial charge in [0.15, 0.2) is 0 Å². The fourth-order valence-electron chi connectivity index (χ4n) is 2.07. The van der Waals surface area contributed by atoms with Crippen molar-refractivity contribution in [1.82, 2.24) is 10.6 Å². The van der Waals surface area contributed by atoms with E-state index in [2.05, 4.69) is 10.6 Å². The van der Waals surface area contributed by atoms with Crippen molar-refractivity contribution in [2.45, 2.75) is 13.5 Å². The van der Waals surface area contributed by atoms with Gasteiger partial charge in [-0.2, -0.15) is 0 Å². The molecular formula is C16H16N4O4. The minimum absolute atomic E-state index is 0.00774. The molecule has 0 spiro atoms. The molecule has 8 nitrogen and oxygen atoms in total. The lowest BCUT2D eigenvalue weighted by atomic mass is 10.1. The van der Waals surface area contributed by atoms with Gasteiger partial charge in [-0.25, -0.2) is 4.79 Å². The van der Waals surface area contributed by atoms with Crippen LogP contribution in [0.3, 0.4) is 0 Å². The number of imide groups is 1. The summed E-state index contributed by atoms with van der Waals surface area (Å²) in [6, 6.07) is 10.3. The molecule has 3 amide bonds. The van der Waals surface area contributed by atoms with E-state index in [4.69, 9.17) is 5.73 Å². The summed E-state index contributed by atoms with van der Waals surface area (Å²) in [7, 11) is 0. The van der Waals surface area contributed by atoms with Crippen LogP contribution >= 0.6 is 0 Å². The first-order chi connectivity index (χ1) is 11.4. The number of carbonyl (C=O) groups is 2. The highest BCUT2D eigenvalue weighted by Crippen LogP contribution is 2.19. The Balaban J connectivity index is 1.98. The second-order valence-corrected chi connectivity index (χ2v) is 5.09. The van der Waals surface area contributed by atoms with Crippen LogP contribution in [0, 0.1) is 17.0 Å². The first kappa shape index (κ1) is 16.9. The number of carbonyl (C=O) groups excluding carboxylic acids is 2. The van der Waals surface area contributed by atoms with Gasteiger partial charge in [-0.1, -0.05) is 24.3 Å². The van der Waals surface area contributed by atoms with E-state index in [1.165, 1.54) is 6.07 Å². The van der Waals surface area contributed by atoms with Gasteiger partial charge in [-0.3, -0.25) is 20.2 Å². The Labute approximate surface area is 137 Å². The van der Waals surface area contributed by atoms with Crippen molar-refractivity contribution in [2.75, 3.05) is 5.73 Å². The molecule has 24 heavy (non-hydrogen) atoms. The van der Waals surface area contributed by atoms with Crippen LogP contribution in [0.1, 0.15) is 21.5 Å². The van der Waals surface area contributed by atoms with Crippen molar-refractivity contribution in [3.8, 4) is 0 Å². The number of hydrogen-bond donors (Lipinski definition) is 3. The number of rotatable bonds is 4. The number of urea groups is 1. The quantitative estimate of drug-likeness (QED) is 0.450. The average Bonchev–Trinajstić information content (AvgIpc) is 2.53. The maximum absolute atomic E-state index is 12.0. The van der Waals surface area contributed by atoms with Crippen LogP contribution in [0.2, 0.25) is 0 Å². The van der Waals surface area contributed by atoms with Crippen molar-refractivity contribution in [3.63, 3.8) is 0 Å². The highest BCUT2D eigenvalue weighted by molar-refractivity contribution is 6.07. The molecule has 0 aliphatic heterocycles. The first-order valence-electron chi connectivity index (χ1n) is 7.06. The van der Waals surface area contributed by atoms with E-state index in [0.717, 1.165) is 23.3 Å². The monoisotopic (exact) mass is 328 g/mol. The largest absolute Gasteiger partial charge is 0.398 e. The molecular weight excluding hydrogens is 312 g/mol. The van der Waals surface area contributed by atoms with Gasteiger partial charge in [0.05, 0.1) is 16.2 Å². The number of aryl methyl sites for hydroxylation is 1. The molecule has 2 aromatic rings. The Morgan fingerprint density at radius 3 is 2.54 bits per heavy atom. The number of nitrogen functional groups attached to an aromatic ring is 1. The van der Waals surface area contributed by atoms with Gasteiger partial charge in [0.25, 0.3) is 11.6 Å². The predicted octanol–water partition coefficient (Wildman–Crippen LogP) is 2.13. The Morgan fingerprint density at radius 1 is 1.21 bits per heavy atom. The molecule has 0 heterocycles. The molecule has 0 saturated heterocycles. The number of benzene rings is 2. The van der Waals surface area contributed by atoms with Gasteiger partial charge in [0, 0.05) is 18.7 Å². The van der Waals surface area contributed by atoms with E-state index in [1.807, 2.05) is 31.2 Å². The Bertz CT molecular complexity index is 804. The summed E-state index contributed by atoms with van der Waals surface area (Å²) in [5.41, 5.74) is 7.25. The fraction of sp³-hybridized carbons (Fsp3) is 0.125. The molecule has 124 valence electrons. The number of nitrogens with zero attached hydrogens (tertiary/aromatic N) is 1. The SMILES string of the molecule is Cc1ccccc1CNC(=O)NC(=O)c1ccc([N+](=O)[O-])cc1N. The Hall–Kier alpha value is -3.42. The number of nitrogens with one attached hydrogen (secondary N) is 2. The molecule has 8 heteroatoms. The molecule has 0 bridgehead atoms.